The Balaban J connectivity index is 1.76. The number of hydrogen-bond donors (Lipinski definition) is 0. The third-order valence-electron chi connectivity index (χ3n) is 4.99. The zero-order valence-corrected chi connectivity index (χ0v) is 16.4. The average Bonchev–Trinajstić information content (AvgIpc) is 3.12. The minimum Gasteiger partial charge on any atom is -0.478 e. The number of likely N-dealkylation sites (tertiary alicyclic amines) is 1. The Morgan fingerprint density at radius 2 is 1.81 bits per heavy atom. The van der Waals surface area contributed by atoms with Gasteiger partial charge in [0, 0.05) is 11.6 Å². The van der Waals surface area contributed by atoms with Gasteiger partial charge in [0.2, 0.25) is 0 Å². The first kappa shape index (κ1) is 18.8. The number of ether oxygens (including phenoxy) is 1. The molecule has 0 bridgehead atoms. The Kier molecular flexibility index (Phi) is 5.57. The molecule has 138 valence electrons. The molecule has 0 spiro atoms. The number of halogens is 1. The summed E-state index contributed by atoms with van der Waals surface area (Å²) in [5.41, 5.74) is 1.59. The number of benzene rings is 2. The van der Waals surface area contributed by atoms with E-state index >= 15 is 0 Å². The van der Waals surface area contributed by atoms with Gasteiger partial charge in [-0.25, -0.2) is 0 Å². The van der Waals surface area contributed by atoms with Crippen LogP contribution < -0.4 is 4.74 Å². The van der Waals surface area contributed by atoms with Crippen LogP contribution in [0.1, 0.15) is 50.8 Å². The van der Waals surface area contributed by atoms with Crippen LogP contribution in [0.4, 0.5) is 0 Å². The van der Waals surface area contributed by atoms with E-state index in [-0.39, 0.29) is 11.9 Å². The lowest BCUT2D eigenvalue weighted by Gasteiger charge is -2.33. The maximum absolute atomic E-state index is 13.2. The summed E-state index contributed by atoms with van der Waals surface area (Å²) >= 11 is 5.93. The van der Waals surface area contributed by atoms with Crippen LogP contribution in [-0.2, 0) is 11.2 Å². The molecule has 4 heteroatoms. The number of nitrogens with zero attached hydrogens (tertiary/aromatic N) is 1. The van der Waals surface area contributed by atoms with Crippen molar-refractivity contribution in [1.29, 1.82) is 0 Å². The van der Waals surface area contributed by atoms with Gasteiger partial charge in [0.25, 0.3) is 5.91 Å². The second-order valence-electron chi connectivity index (χ2n) is 7.32. The maximum Gasteiger partial charge on any atom is 0.266 e. The largest absolute Gasteiger partial charge is 0.478 e. The molecule has 1 heterocycles. The van der Waals surface area contributed by atoms with Crippen molar-refractivity contribution < 1.29 is 9.53 Å². The molecule has 26 heavy (non-hydrogen) atoms. The van der Waals surface area contributed by atoms with Crippen molar-refractivity contribution in [2.24, 2.45) is 0 Å². The molecule has 2 aromatic rings. The topological polar surface area (TPSA) is 29.5 Å². The second kappa shape index (κ2) is 7.71. The first-order chi connectivity index (χ1) is 12.4. The number of carbonyl (C=O) groups excluding carboxylic acids is 1. The number of carbonyl (C=O) groups is 1. The van der Waals surface area contributed by atoms with Crippen LogP contribution in [0.25, 0.3) is 0 Å². The lowest BCUT2D eigenvalue weighted by Crippen LogP contribution is -2.48. The van der Waals surface area contributed by atoms with E-state index in [1.807, 2.05) is 18.7 Å². The van der Waals surface area contributed by atoms with Crippen LogP contribution in [-0.4, -0.2) is 23.0 Å². The van der Waals surface area contributed by atoms with E-state index in [1.54, 1.807) is 24.3 Å². The summed E-state index contributed by atoms with van der Waals surface area (Å²) in [5.74, 6) is 0.672. The van der Waals surface area contributed by atoms with Gasteiger partial charge in [0.1, 0.15) is 5.75 Å². The highest BCUT2D eigenvalue weighted by atomic mass is 35.5. The SMILES string of the molecule is CCc1ccc(C2CCCN2C(=O)C(C)(C)Oc2ccc(Cl)cc2)cc1. The molecule has 1 atom stereocenters. The number of aryl methyl sites for hydroxylation is 1. The van der Waals surface area contributed by atoms with Crippen LogP contribution >= 0.6 is 11.6 Å². The van der Waals surface area contributed by atoms with Gasteiger partial charge in [-0.2, -0.15) is 0 Å². The second-order valence-corrected chi connectivity index (χ2v) is 7.75. The Labute approximate surface area is 160 Å². The fourth-order valence-corrected chi connectivity index (χ4v) is 3.64. The summed E-state index contributed by atoms with van der Waals surface area (Å²) in [6.45, 7) is 6.59. The molecule has 0 aromatic heterocycles. The van der Waals surface area contributed by atoms with Crippen molar-refractivity contribution in [1.82, 2.24) is 4.90 Å². The Bertz CT molecular complexity index is 753. The fraction of sp³-hybridized carbons (Fsp3) is 0.409. The van der Waals surface area contributed by atoms with Crippen molar-refractivity contribution in [3.63, 3.8) is 0 Å². The van der Waals surface area contributed by atoms with Crippen molar-refractivity contribution in [3.8, 4) is 5.75 Å². The minimum atomic E-state index is -0.931. The molecule has 1 aliphatic rings. The summed E-state index contributed by atoms with van der Waals surface area (Å²) in [7, 11) is 0. The van der Waals surface area contributed by atoms with Gasteiger partial charge in [-0.15, -0.1) is 0 Å². The minimum absolute atomic E-state index is 0.0227. The molecule has 0 saturated carbocycles. The lowest BCUT2D eigenvalue weighted by molar-refractivity contribution is -0.146. The molecule has 1 saturated heterocycles. The zero-order valence-electron chi connectivity index (χ0n) is 15.7. The summed E-state index contributed by atoms with van der Waals surface area (Å²) in [6, 6.07) is 15.9. The van der Waals surface area contributed by atoms with E-state index in [9.17, 15) is 4.79 Å². The smallest absolute Gasteiger partial charge is 0.266 e. The van der Waals surface area contributed by atoms with Crippen molar-refractivity contribution >= 4 is 17.5 Å². The molecule has 1 aliphatic heterocycles. The quantitative estimate of drug-likeness (QED) is 0.701. The molecule has 1 fully saturated rings. The van der Waals surface area contributed by atoms with Gasteiger partial charge in [0.05, 0.1) is 6.04 Å². The lowest BCUT2D eigenvalue weighted by atomic mass is 10.00. The molecule has 0 aliphatic carbocycles. The number of amides is 1. The first-order valence-corrected chi connectivity index (χ1v) is 9.63. The Morgan fingerprint density at radius 1 is 1.15 bits per heavy atom. The van der Waals surface area contributed by atoms with Crippen LogP contribution in [0.3, 0.4) is 0 Å². The van der Waals surface area contributed by atoms with E-state index in [1.165, 1.54) is 11.1 Å². The molecule has 3 rings (SSSR count). The van der Waals surface area contributed by atoms with Crippen LogP contribution in [0.2, 0.25) is 5.02 Å². The highest BCUT2D eigenvalue weighted by Crippen LogP contribution is 2.35. The van der Waals surface area contributed by atoms with Gasteiger partial charge in [-0.1, -0.05) is 42.8 Å². The molecule has 0 N–H and O–H groups in total. The highest BCUT2D eigenvalue weighted by molar-refractivity contribution is 6.30. The molecule has 1 amide bonds. The van der Waals surface area contributed by atoms with E-state index in [2.05, 4.69) is 31.2 Å². The van der Waals surface area contributed by atoms with E-state index in [0.717, 1.165) is 25.8 Å². The van der Waals surface area contributed by atoms with Gasteiger partial charge in [-0.05, 0) is 68.5 Å². The summed E-state index contributed by atoms with van der Waals surface area (Å²) in [6.07, 6.45) is 3.03. The third kappa shape index (κ3) is 4.04. The van der Waals surface area contributed by atoms with E-state index < -0.39 is 5.60 Å². The number of hydrogen-bond acceptors (Lipinski definition) is 2. The monoisotopic (exact) mass is 371 g/mol. The van der Waals surface area contributed by atoms with Crippen molar-refractivity contribution in [2.45, 2.75) is 51.7 Å². The highest BCUT2D eigenvalue weighted by Gasteiger charge is 2.40. The molecule has 3 nitrogen and oxygen atoms in total. The van der Waals surface area contributed by atoms with Gasteiger partial charge >= 0.3 is 0 Å². The summed E-state index contributed by atoms with van der Waals surface area (Å²) in [4.78, 5) is 15.2. The molecule has 2 aromatic carbocycles. The summed E-state index contributed by atoms with van der Waals surface area (Å²) < 4.78 is 6.00. The van der Waals surface area contributed by atoms with Crippen molar-refractivity contribution in [3.05, 3.63) is 64.7 Å². The average molecular weight is 372 g/mol. The van der Waals surface area contributed by atoms with E-state index in [4.69, 9.17) is 16.3 Å². The first-order valence-electron chi connectivity index (χ1n) is 9.25. The predicted octanol–water partition coefficient (Wildman–Crippen LogP) is 5.42. The predicted molar refractivity (Wildman–Crippen MR) is 106 cm³/mol. The Hall–Kier alpha value is -2.00. The van der Waals surface area contributed by atoms with Crippen molar-refractivity contribution in [2.75, 3.05) is 6.54 Å². The molecule has 0 radical (unpaired) electrons. The van der Waals surface area contributed by atoms with Gasteiger partial charge in [-0.3, -0.25) is 4.79 Å². The molecular weight excluding hydrogens is 346 g/mol. The Morgan fingerprint density at radius 3 is 2.42 bits per heavy atom. The van der Waals surface area contributed by atoms with Gasteiger partial charge in [0.15, 0.2) is 5.60 Å². The van der Waals surface area contributed by atoms with Crippen LogP contribution in [0.15, 0.2) is 48.5 Å². The molecule has 1 unspecified atom stereocenters. The number of rotatable bonds is 5. The standard InChI is InChI=1S/C22H26ClNO2/c1-4-16-7-9-17(10-8-16)20-6-5-15-24(20)21(25)22(2,3)26-19-13-11-18(23)12-14-19/h7-14,20H,4-6,15H2,1-3H3. The van der Waals surface area contributed by atoms with Gasteiger partial charge < -0.3 is 9.64 Å². The van der Waals surface area contributed by atoms with Crippen LogP contribution in [0.5, 0.6) is 5.75 Å². The third-order valence-corrected chi connectivity index (χ3v) is 5.24. The van der Waals surface area contributed by atoms with Crippen LogP contribution in [0, 0.1) is 0 Å². The summed E-state index contributed by atoms with van der Waals surface area (Å²) in [5, 5.41) is 0.650. The molecular formula is C22H26ClNO2. The maximum atomic E-state index is 13.2. The zero-order chi connectivity index (χ0) is 18.7. The fourth-order valence-electron chi connectivity index (χ4n) is 3.52. The normalized spacial score (nSPS) is 17.4. The van der Waals surface area contributed by atoms with E-state index in [0.29, 0.717) is 10.8 Å².